The Labute approximate surface area is 92.9 Å². The van der Waals surface area contributed by atoms with Gasteiger partial charge in [0.25, 0.3) is 0 Å². The first-order valence-electron chi connectivity index (χ1n) is 6.08. The zero-order chi connectivity index (χ0) is 10.7. The van der Waals surface area contributed by atoms with E-state index in [0.29, 0.717) is 6.04 Å². The molecule has 1 unspecified atom stereocenters. The first-order valence-corrected chi connectivity index (χ1v) is 6.08. The normalized spacial score (nSPS) is 22.4. The summed E-state index contributed by atoms with van der Waals surface area (Å²) >= 11 is 0. The first kappa shape index (κ1) is 10.7. The Morgan fingerprint density at radius 1 is 1.13 bits per heavy atom. The van der Waals surface area contributed by atoms with Gasteiger partial charge in [0.05, 0.1) is 0 Å². The molecule has 0 amide bonds. The highest BCUT2D eigenvalue weighted by Crippen LogP contribution is 2.25. The van der Waals surface area contributed by atoms with Crippen molar-refractivity contribution in [2.75, 3.05) is 6.54 Å². The van der Waals surface area contributed by atoms with Crippen LogP contribution < -0.4 is 5.32 Å². The van der Waals surface area contributed by atoms with Crippen molar-refractivity contribution in [3.8, 4) is 0 Å². The summed E-state index contributed by atoms with van der Waals surface area (Å²) in [5, 5.41) is 3.66. The molecule has 1 aromatic rings. The lowest BCUT2D eigenvalue weighted by Gasteiger charge is -2.18. The minimum absolute atomic E-state index is 0.591. The van der Waals surface area contributed by atoms with E-state index in [9.17, 15) is 0 Å². The van der Waals surface area contributed by atoms with Crippen molar-refractivity contribution in [3.63, 3.8) is 0 Å². The van der Waals surface area contributed by atoms with Crippen molar-refractivity contribution in [2.24, 2.45) is 0 Å². The van der Waals surface area contributed by atoms with E-state index in [0.717, 1.165) is 0 Å². The van der Waals surface area contributed by atoms with E-state index >= 15 is 0 Å². The summed E-state index contributed by atoms with van der Waals surface area (Å²) in [6, 6.07) is 7.41. The van der Waals surface area contributed by atoms with Crippen LogP contribution >= 0.6 is 0 Å². The molecule has 1 aromatic carbocycles. The van der Waals surface area contributed by atoms with E-state index in [1.165, 1.54) is 48.9 Å². The number of hydrogen-bond acceptors (Lipinski definition) is 1. The van der Waals surface area contributed by atoms with Crippen molar-refractivity contribution in [1.82, 2.24) is 5.32 Å². The molecule has 0 spiro atoms. The first-order chi connectivity index (χ1) is 7.27. The Hall–Kier alpha value is -0.820. The average molecular weight is 203 g/mol. The van der Waals surface area contributed by atoms with Crippen molar-refractivity contribution in [1.29, 1.82) is 0 Å². The van der Waals surface area contributed by atoms with Crippen LogP contribution in [0.1, 0.15) is 48.4 Å². The molecule has 0 radical (unpaired) electrons. The summed E-state index contributed by atoms with van der Waals surface area (Å²) in [7, 11) is 0. The largest absolute Gasteiger partial charge is 0.310 e. The van der Waals surface area contributed by atoms with E-state index < -0.39 is 0 Å². The van der Waals surface area contributed by atoms with Gasteiger partial charge in [-0.15, -0.1) is 0 Å². The fraction of sp³-hybridized carbons (Fsp3) is 0.571. The van der Waals surface area contributed by atoms with Gasteiger partial charge in [-0.2, -0.15) is 0 Å². The van der Waals surface area contributed by atoms with Crippen LogP contribution in [0.2, 0.25) is 0 Å². The number of hydrogen-bond donors (Lipinski definition) is 1. The molecule has 0 aromatic heterocycles. The van der Waals surface area contributed by atoms with Gasteiger partial charge in [0.15, 0.2) is 0 Å². The second kappa shape index (κ2) is 4.80. The van der Waals surface area contributed by atoms with E-state index in [1.807, 2.05) is 0 Å². The lowest BCUT2D eigenvalue weighted by Crippen LogP contribution is -2.21. The Morgan fingerprint density at radius 3 is 2.80 bits per heavy atom. The van der Waals surface area contributed by atoms with Gasteiger partial charge in [0, 0.05) is 6.04 Å². The number of nitrogens with one attached hydrogen (secondary N) is 1. The molecule has 0 saturated carbocycles. The van der Waals surface area contributed by atoms with Crippen molar-refractivity contribution < 1.29 is 0 Å². The fourth-order valence-corrected chi connectivity index (χ4v) is 2.51. The van der Waals surface area contributed by atoms with Gasteiger partial charge < -0.3 is 5.32 Å². The molecule has 1 saturated heterocycles. The van der Waals surface area contributed by atoms with Crippen LogP contribution in [0.4, 0.5) is 0 Å². The molecule has 1 N–H and O–H groups in total. The minimum atomic E-state index is 0.591. The maximum Gasteiger partial charge on any atom is 0.0322 e. The van der Waals surface area contributed by atoms with Crippen LogP contribution in [0.15, 0.2) is 18.2 Å². The summed E-state index contributed by atoms with van der Waals surface area (Å²) in [6.45, 7) is 5.57. The Kier molecular flexibility index (Phi) is 3.42. The lowest BCUT2D eigenvalue weighted by atomic mass is 9.96. The molecule has 1 aliphatic heterocycles. The topological polar surface area (TPSA) is 12.0 Å². The molecule has 1 heteroatoms. The van der Waals surface area contributed by atoms with Gasteiger partial charge >= 0.3 is 0 Å². The maximum absolute atomic E-state index is 3.66. The molecule has 1 nitrogen and oxygen atoms in total. The van der Waals surface area contributed by atoms with Gasteiger partial charge in [-0.25, -0.2) is 0 Å². The van der Waals surface area contributed by atoms with E-state index in [-0.39, 0.29) is 0 Å². The van der Waals surface area contributed by atoms with Crippen molar-refractivity contribution >= 4 is 0 Å². The second-order valence-electron chi connectivity index (χ2n) is 4.72. The number of benzene rings is 1. The Morgan fingerprint density at radius 2 is 2.00 bits per heavy atom. The van der Waals surface area contributed by atoms with Crippen LogP contribution in [0, 0.1) is 13.8 Å². The molecule has 1 atom stereocenters. The number of rotatable bonds is 1. The van der Waals surface area contributed by atoms with Gasteiger partial charge in [-0.1, -0.05) is 36.6 Å². The standard InChI is InChI=1S/C14H21N/c1-11-7-8-13(12(2)10-11)14-6-4-3-5-9-15-14/h7-8,10,14-15H,3-6,9H2,1-2H3. The van der Waals surface area contributed by atoms with Crippen LogP contribution in [0.3, 0.4) is 0 Å². The summed E-state index contributed by atoms with van der Waals surface area (Å²) in [5.74, 6) is 0. The Bertz CT molecular complexity index is 322. The van der Waals surface area contributed by atoms with E-state index in [4.69, 9.17) is 0 Å². The smallest absolute Gasteiger partial charge is 0.0322 e. The van der Waals surface area contributed by atoms with Crippen molar-refractivity contribution in [2.45, 2.75) is 45.6 Å². The van der Waals surface area contributed by atoms with Gasteiger partial charge in [0.2, 0.25) is 0 Å². The highest BCUT2D eigenvalue weighted by Gasteiger charge is 2.14. The fourth-order valence-electron chi connectivity index (χ4n) is 2.51. The molecule has 2 rings (SSSR count). The van der Waals surface area contributed by atoms with Crippen LogP contribution in [0.5, 0.6) is 0 Å². The summed E-state index contributed by atoms with van der Waals surface area (Å²) in [5.41, 5.74) is 4.31. The molecular formula is C14H21N. The van der Waals surface area contributed by atoms with Crippen molar-refractivity contribution in [3.05, 3.63) is 34.9 Å². The highest BCUT2D eigenvalue weighted by atomic mass is 14.9. The third-order valence-corrected chi connectivity index (χ3v) is 3.36. The van der Waals surface area contributed by atoms with E-state index in [2.05, 4.69) is 37.4 Å². The van der Waals surface area contributed by atoms with Gasteiger partial charge in [-0.3, -0.25) is 0 Å². The van der Waals surface area contributed by atoms with Crippen LogP contribution in [-0.4, -0.2) is 6.54 Å². The third kappa shape index (κ3) is 2.60. The summed E-state index contributed by atoms with van der Waals surface area (Å²) in [4.78, 5) is 0. The van der Waals surface area contributed by atoms with E-state index in [1.54, 1.807) is 0 Å². The third-order valence-electron chi connectivity index (χ3n) is 3.36. The quantitative estimate of drug-likeness (QED) is 0.736. The minimum Gasteiger partial charge on any atom is -0.310 e. The maximum atomic E-state index is 3.66. The lowest BCUT2D eigenvalue weighted by molar-refractivity contribution is 0.532. The molecular weight excluding hydrogens is 182 g/mol. The number of aryl methyl sites for hydroxylation is 2. The zero-order valence-corrected chi connectivity index (χ0v) is 9.84. The average Bonchev–Trinajstić information content (AvgIpc) is 2.46. The molecule has 0 bridgehead atoms. The predicted octanol–water partition coefficient (Wildman–Crippen LogP) is 3.51. The zero-order valence-electron chi connectivity index (χ0n) is 9.84. The predicted molar refractivity (Wildman–Crippen MR) is 65.1 cm³/mol. The molecule has 1 heterocycles. The summed E-state index contributed by atoms with van der Waals surface area (Å²) in [6.07, 6.45) is 5.38. The highest BCUT2D eigenvalue weighted by molar-refractivity contribution is 5.32. The molecule has 0 aliphatic carbocycles. The second-order valence-corrected chi connectivity index (χ2v) is 4.72. The molecule has 1 fully saturated rings. The van der Waals surface area contributed by atoms with Crippen LogP contribution in [-0.2, 0) is 0 Å². The monoisotopic (exact) mass is 203 g/mol. The van der Waals surface area contributed by atoms with Crippen LogP contribution in [0.25, 0.3) is 0 Å². The SMILES string of the molecule is Cc1ccc(C2CCCCCN2)c(C)c1. The van der Waals surface area contributed by atoms with Gasteiger partial charge in [-0.05, 0) is 44.4 Å². The molecule has 82 valence electrons. The van der Waals surface area contributed by atoms with Gasteiger partial charge in [0.1, 0.15) is 0 Å². The molecule has 15 heavy (non-hydrogen) atoms. The Balaban J connectivity index is 2.19. The molecule has 1 aliphatic rings. The summed E-state index contributed by atoms with van der Waals surface area (Å²) < 4.78 is 0.